The van der Waals surface area contributed by atoms with Crippen molar-refractivity contribution in [3.63, 3.8) is 0 Å². The van der Waals surface area contributed by atoms with E-state index in [1.165, 1.54) is 18.3 Å². The molecule has 41 heavy (non-hydrogen) atoms. The summed E-state index contributed by atoms with van der Waals surface area (Å²) >= 11 is 6.04. The molecule has 1 fully saturated rings. The van der Waals surface area contributed by atoms with Crippen LogP contribution in [0.5, 0.6) is 0 Å². The average Bonchev–Trinajstić information content (AvgIpc) is 2.91. The summed E-state index contributed by atoms with van der Waals surface area (Å²) in [5, 5.41) is 15.9. The van der Waals surface area contributed by atoms with Crippen molar-refractivity contribution >= 4 is 29.4 Å². The van der Waals surface area contributed by atoms with Crippen molar-refractivity contribution in [3.05, 3.63) is 76.3 Å². The van der Waals surface area contributed by atoms with Crippen molar-refractivity contribution < 1.29 is 23.8 Å². The fourth-order valence-electron chi connectivity index (χ4n) is 4.94. The molecule has 1 atom stereocenters. The van der Waals surface area contributed by atoms with E-state index in [1.54, 1.807) is 24.3 Å². The first kappa shape index (κ1) is 30.2. The second-order valence-electron chi connectivity index (χ2n) is 11.2. The maximum atomic E-state index is 15.5. The molecule has 0 unspecified atom stereocenters. The van der Waals surface area contributed by atoms with Crippen molar-refractivity contribution in [1.82, 2.24) is 20.6 Å². The Bertz CT molecular complexity index is 1410. The highest BCUT2D eigenvalue weighted by Crippen LogP contribution is 2.37. The zero-order valence-corrected chi connectivity index (χ0v) is 24.0. The topological polar surface area (TPSA) is 139 Å². The van der Waals surface area contributed by atoms with Gasteiger partial charge in [0, 0.05) is 28.1 Å². The van der Waals surface area contributed by atoms with Gasteiger partial charge in [0.25, 0.3) is 5.91 Å². The number of aliphatic hydroxyl groups is 1. The number of nitrogens with two attached hydrogens (primary N) is 1. The van der Waals surface area contributed by atoms with Gasteiger partial charge in [0.15, 0.2) is 0 Å². The molecule has 0 spiro atoms. The number of amides is 2. The first-order valence-corrected chi connectivity index (χ1v) is 13.9. The number of aromatic nitrogens is 2. The molecule has 1 aliphatic carbocycles. The number of halogens is 2. The number of rotatable bonds is 7. The van der Waals surface area contributed by atoms with E-state index in [-0.39, 0.29) is 35.5 Å². The minimum absolute atomic E-state index is 0.0137. The van der Waals surface area contributed by atoms with Gasteiger partial charge >= 0.3 is 6.09 Å². The molecule has 1 saturated carbocycles. The molecule has 2 amide bonds. The summed E-state index contributed by atoms with van der Waals surface area (Å²) in [6.45, 7) is 5.09. The lowest BCUT2D eigenvalue weighted by Crippen LogP contribution is -2.40. The third kappa shape index (κ3) is 7.92. The van der Waals surface area contributed by atoms with Gasteiger partial charge in [-0.1, -0.05) is 23.7 Å². The van der Waals surface area contributed by atoms with Crippen LogP contribution >= 0.6 is 11.6 Å². The Hall–Kier alpha value is -3.76. The number of hydrogen-bond donors (Lipinski definition) is 4. The largest absolute Gasteiger partial charge is 0.444 e. The minimum atomic E-state index is -0.713. The second kappa shape index (κ2) is 12.8. The van der Waals surface area contributed by atoms with Crippen LogP contribution in [0.25, 0.3) is 11.3 Å². The lowest BCUT2D eigenvalue weighted by molar-refractivity contribution is 0.0491. The fraction of sp³-hybridized carbons (Fsp3) is 0.400. The molecule has 0 aliphatic heterocycles. The Morgan fingerprint density at radius 1 is 1.17 bits per heavy atom. The van der Waals surface area contributed by atoms with Crippen molar-refractivity contribution in [1.29, 1.82) is 0 Å². The molecule has 1 heterocycles. The summed E-state index contributed by atoms with van der Waals surface area (Å²) in [6.07, 6.45) is 3.83. The summed E-state index contributed by atoms with van der Waals surface area (Å²) in [5.74, 6) is -1.07. The van der Waals surface area contributed by atoms with Crippen molar-refractivity contribution in [2.45, 2.75) is 70.1 Å². The number of hydrogen-bond acceptors (Lipinski definition) is 7. The van der Waals surface area contributed by atoms with Gasteiger partial charge in [-0.05, 0) is 82.3 Å². The number of nitrogens with zero attached hydrogens (tertiary/aromatic N) is 2. The van der Waals surface area contributed by atoms with Gasteiger partial charge < -0.3 is 26.2 Å². The Morgan fingerprint density at radius 3 is 2.54 bits per heavy atom. The van der Waals surface area contributed by atoms with Crippen LogP contribution < -0.4 is 16.4 Å². The molecule has 1 aliphatic rings. The molecule has 11 heteroatoms. The first-order valence-electron chi connectivity index (χ1n) is 13.5. The van der Waals surface area contributed by atoms with E-state index in [2.05, 4.69) is 20.6 Å². The zero-order chi connectivity index (χ0) is 29.7. The van der Waals surface area contributed by atoms with Crippen LogP contribution in [0.2, 0.25) is 5.02 Å². The Labute approximate surface area is 243 Å². The molecule has 3 aromatic rings. The van der Waals surface area contributed by atoms with Gasteiger partial charge in [0.1, 0.15) is 17.2 Å². The quantitative estimate of drug-likeness (QED) is 0.286. The first-order chi connectivity index (χ1) is 19.4. The SMILES string of the molecule is CC(C)(C)OC(=O)NC1CCC(c2ncc(N)nc2-c2ccc(C(=O)N[C@H](CO)c3cccc(Cl)c3)cc2F)CC1. The van der Waals surface area contributed by atoms with E-state index in [0.29, 0.717) is 47.7 Å². The molecule has 5 N–H and O–H groups in total. The fourth-order valence-corrected chi connectivity index (χ4v) is 5.14. The molecular weight excluding hydrogens is 549 g/mol. The molecule has 1 aromatic heterocycles. The molecular formula is C30H35ClFN5O4. The highest BCUT2D eigenvalue weighted by atomic mass is 35.5. The summed E-state index contributed by atoms with van der Waals surface area (Å²) in [4.78, 5) is 34.0. The predicted octanol–water partition coefficient (Wildman–Crippen LogP) is 5.53. The smallest absolute Gasteiger partial charge is 0.407 e. The lowest BCUT2D eigenvalue weighted by atomic mass is 9.82. The number of carbonyl (C=O) groups excluding carboxylic acids is 2. The standard InChI is InChI=1S/C30H35ClFN5O4/c1-30(2,3)41-29(40)35-21-10-7-17(8-11-21)26-27(37-25(33)15-34-26)22-12-9-19(14-23(22)32)28(39)36-24(16-38)18-5-4-6-20(31)13-18/h4-6,9,12-15,17,21,24,38H,7-8,10-11,16H2,1-3H3,(H2,33,37)(H,35,40)(H,36,39)/t17?,21?,24-/m1/s1. The average molecular weight is 584 g/mol. The normalized spacial score (nSPS) is 17.9. The van der Waals surface area contributed by atoms with E-state index in [1.807, 2.05) is 20.8 Å². The molecule has 0 radical (unpaired) electrons. The number of benzene rings is 2. The molecule has 4 rings (SSSR count). The highest BCUT2D eigenvalue weighted by molar-refractivity contribution is 6.30. The van der Waals surface area contributed by atoms with Gasteiger partial charge in [-0.3, -0.25) is 9.78 Å². The van der Waals surface area contributed by atoms with E-state index in [9.17, 15) is 14.7 Å². The third-order valence-corrected chi connectivity index (χ3v) is 7.11. The molecule has 0 bridgehead atoms. The minimum Gasteiger partial charge on any atom is -0.444 e. The summed E-state index contributed by atoms with van der Waals surface area (Å²) in [7, 11) is 0. The van der Waals surface area contributed by atoms with Crippen molar-refractivity contribution in [2.75, 3.05) is 12.3 Å². The number of aliphatic hydroxyl groups excluding tert-OH is 1. The highest BCUT2D eigenvalue weighted by Gasteiger charge is 2.29. The summed E-state index contributed by atoms with van der Waals surface area (Å²) in [5.41, 5.74) is 7.18. The second-order valence-corrected chi connectivity index (χ2v) is 11.6. The van der Waals surface area contributed by atoms with Gasteiger partial charge in [-0.15, -0.1) is 0 Å². The molecule has 2 aromatic carbocycles. The molecule has 218 valence electrons. The van der Waals surface area contributed by atoms with Crippen LogP contribution in [0.1, 0.15) is 80.0 Å². The van der Waals surface area contributed by atoms with Crippen molar-refractivity contribution in [3.8, 4) is 11.3 Å². The van der Waals surface area contributed by atoms with Gasteiger partial charge in [0.2, 0.25) is 0 Å². The van der Waals surface area contributed by atoms with Gasteiger partial charge in [0.05, 0.1) is 30.2 Å². The predicted molar refractivity (Wildman–Crippen MR) is 155 cm³/mol. The van der Waals surface area contributed by atoms with Crippen LogP contribution in [-0.2, 0) is 4.74 Å². The number of carbonyl (C=O) groups is 2. The number of nitrogens with one attached hydrogen (secondary N) is 2. The number of alkyl carbamates (subject to hydrolysis) is 1. The van der Waals surface area contributed by atoms with E-state index >= 15 is 4.39 Å². The number of anilines is 1. The van der Waals surface area contributed by atoms with Gasteiger partial charge in [-0.2, -0.15) is 0 Å². The van der Waals surface area contributed by atoms with Crippen molar-refractivity contribution in [2.24, 2.45) is 0 Å². The Balaban J connectivity index is 1.49. The van der Waals surface area contributed by atoms with Gasteiger partial charge in [-0.25, -0.2) is 14.2 Å². The van der Waals surface area contributed by atoms with E-state index in [0.717, 1.165) is 6.07 Å². The third-order valence-electron chi connectivity index (χ3n) is 6.88. The van der Waals surface area contributed by atoms with Crippen LogP contribution in [0.15, 0.2) is 48.7 Å². The molecule has 9 nitrogen and oxygen atoms in total. The number of ether oxygens (including phenoxy) is 1. The summed E-state index contributed by atoms with van der Waals surface area (Å²) in [6, 6.07) is 10.2. The van der Waals surface area contributed by atoms with Crippen LogP contribution in [-0.4, -0.2) is 45.3 Å². The zero-order valence-electron chi connectivity index (χ0n) is 23.3. The van der Waals surface area contributed by atoms with Crippen LogP contribution in [0, 0.1) is 5.82 Å². The Morgan fingerprint density at radius 2 is 1.90 bits per heavy atom. The van der Waals surface area contributed by atoms with Crippen LogP contribution in [0.4, 0.5) is 15.0 Å². The van der Waals surface area contributed by atoms with E-state index < -0.39 is 29.5 Å². The monoisotopic (exact) mass is 583 g/mol. The Kier molecular flexibility index (Phi) is 9.45. The number of nitrogen functional groups attached to an aromatic ring is 1. The van der Waals surface area contributed by atoms with E-state index in [4.69, 9.17) is 22.1 Å². The maximum Gasteiger partial charge on any atom is 0.407 e. The maximum absolute atomic E-state index is 15.5. The summed E-state index contributed by atoms with van der Waals surface area (Å²) < 4.78 is 20.9. The molecule has 0 saturated heterocycles. The lowest BCUT2D eigenvalue weighted by Gasteiger charge is -2.30. The van der Waals surface area contributed by atoms with Crippen LogP contribution in [0.3, 0.4) is 0 Å².